The number of carbonyl (C=O) groups is 1. The maximum Gasteiger partial charge on any atom is 0.270 e. The van der Waals surface area contributed by atoms with Crippen molar-refractivity contribution in [2.75, 3.05) is 5.73 Å². The summed E-state index contributed by atoms with van der Waals surface area (Å²) in [5.74, 6) is -0.205. The minimum Gasteiger partial charge on any atom is -0.399 e. The molecule has 3 N–H and O–H groups in total. The molecule has 1 amide bonds. The van der Waals surface area contributed by atoms with Gasteiger partial charge in [0.25, 0.3) is 5.91 Å². The van der Waals surface area contributed by atoms with E-state index in [-0.39, 0.29) is 5.91 Å². The molecule has 0 aliphatic heterocycles. The number of thiophene rings is 1. The summed E-state index contributed by atoms with van der Waals surface area (Å²) in [6.45, 7) is 2.56. The predicted octanol–water partition coefficient (Wildman–Crippen LogP) is 1.96. The number of aromatic nitrogens is 1. The van der Waals surface area contributed by atoms with E-state index in [1.807, 2.05) is 19.1 Å². The third kappa shape index (κ3) is 3.04. The van der Waals surface area contributed by atoms with Gasteiger partial charge >= 0.3 is 0 Å². The van der Waals surface area contributed by atoms with Gasteiger partial charge in [0.05, 0.1) is 6.54 Å². The highest BCUT2D eigenvalue weighted by Crippen LogP contribution is 2.14. The van der Waals surface area contributed by atoms with Crippen molar-refractivity contribution in [2.24, 2.45) is 0 Å². The monoisotopic (exact) mass is 247 g/mol. The number of hydrogen-bond acceptors (Lipinski definition) is 4. The number of anilines is 1. The fraction of sp³-hybridized carbons (Fsp3) is 0.167. The zero-order chi connectivity index (χ0) is 12.3. The standard InChI is InChI=1S/C12H13N3OS/c1-8-2-3-10(17-8)7-15-12(16)11-6-9(13)4-5-14-11/h2-6H,7H2,1H3,(H2,13,14)(H,15,16). The van der Waals surface area contributed by atoms with E-state index in [9.17, 15) is 4.79 Å². The van der Waals surface area contributed by atoms with Crippen LogP contribution in [0.3, 0.4) is 0 Å². The Morgan fingerprint density at radius 2 is 2.29 bits per heavy atom. The average molecular weight is 247 g/mol. The van der Waals surface area contributed by atoms with Gasteiger partial charge in [0.2, 0.25) is 0 Å². The van der Waals surface area contributed by atoms with Gasteiger partial charge < -0.3 is 11.1 Å². The Hall–Kier alpha value is -1.88. The van der Waals surface area contributed by atoms with Crippen LogP contribution < -0.4 is 11.1 Å². The number of amides is 1. The second-order valence-corrected chi connectivity index (χ2v) is 5.04. The maximum absolute atomic E-state index is 11.8. The van der Waals surface area contributed by atoms with Crippen LogP contribution in [0.4, 0.5) is 5.69 Å². The van der Waals surface area contributed by atoms with E-state index < -0.39 is 0 Å². The van der Waals surface area contributed by atoms with Crippen LogP contribution in [-0.4, -0.2) is 10.9 Å². The van der Waals surface area contributed by atoms with Gasteiger partial charge in [-0.05, 0) is 31.2 Å². The minimum atomic E-state index is -0.205. The second kappa shape index (κ2) is 4.97. The predicted molar refractivity (Wildman–Crippen MR) is 68.9 cm³/mol. The fourth-order valence-corrected chi connectivity index (χ4v) is 2.24. The lowest BCUT2D eigenvalue weighted by Crippen LogP contribution is -2.23. The molecule has 0 saturated heterocycles. The maximum atomic E-state index is 11.8. The molecule has 4 nitrogen and oxygen atoms in total. The minimum absolute atomic E-state index is 0.205. The van der Waals surface area contributed by atoms with Crippen molar-refractivity contribution in [1.82, 2.24) is 10.3 Å². The van der Waals surface area contributed by atoms with Crippen LogP contribution in [0.25, 0.3) is 0 Å². The van der Waals surface area contributed by atoms with Crippen molar-refractivity contribution in [2.45, 2.75) is 13.5 Å². The van der Waals surface area contributed by atoms with Gasteiger partial charge in [0.15, 0.2) is 0 Å². The third-order valence-electron chi connectivity index (χ3n) is 2.24. The lowest BCUT2D eigenvalue weighted by molar-refractivity contribution is 0.0946. The summed E-state index contributed by atoms with van der Waals surface area (Å²) in [6.07, 6.45) is 1.53. The molecule has 0 unspecified atom stereocenters. The molecule has 0 atom stereocenters. The Kier molecular flexibility index (Phi) is 3.39. The molecule has 2 heterocycles. The average Bonchev–Trinajstić information content (AvgIpc) is 2.72. The van der Waals surface area contributed by atoms with Crippen LogP contribution in [0, 0.1) is 6.92 Å². The number of nitrogens with one attached hydrogen (secondary N) is 1. The third-order valence-corrected chi connectivity index (χ3v) is 3.24. The number of nitrogen functional groups attached to an aromatic ring is 1. The zero-order valence-corrected chi connectivity index (χ0v) is 10.3. The highest BCUT2D eigenvalue weighted by molar-refractivity contribution is 7.11. The van der Waals surface area contributed by atoms with Crippen LogP contribution in [-0.2, 0) is 6.54 Å². The van der Waals surface area contributed by atoms with Crippen LogP contribution in [0.5, 0.6) is 0 Å². The summed E-state index contributed by atoms with van der Waals surface area (Å²) in [7, 11) is 0. The topological polar surface area (TPSA) is 68.0 Å². The Bertz CT molecular complexity index is 536. The molecule has 0 saturated carbocycles. The van der Waals surface area contributed by atoms with Gasteiger partial charge in [-0.1, -0.05) is 0 Å². The number of pyridine rings is 1. The van der Waals surface area contributed by atoms with Crippen molar-refractivity contribution >= 4 is 22.9 Å². The number of nitrogens with two attached hydrogens (primary N) is 1. The molecule has 0 aliphatic rings. The molecule has 2 aromatic heterocycles. The van der Waals surface area contributed by atoms with Gasteiger partial charge in [-0.2, -0.15) is 0 Å². The SMILES string of the molecule is Cc1ccc(CNC(=O)c2cc(N)ccn2)s1. The van der Waals surface area contributed by atoms with Gasteiger partial charge in [-0.3, -0.25) is 9.78 Å². The first-order valence-corrected chi connectivity index (χ1v) is 6.02. The van der Waals surface area contributed by atoms with Crippen LogP contribution in [0.15, 0.2) is 30.5 Å². The van der Waals surface area contributed by atoms with E-state index in [1.54, 1.807) is 23.5 Å². The van der Waals surface area contributed by atoms with Gasteiger partial charge in [0, 0.05) is 21.6 Å². The Labute approximate surface area is 103 Å². The van der Waals surface area contributed by atoms with Crippen LogP contribution in [0.1, 0.15) is 20.2 Å². The highest BCUT2D eigenvalue weighted by Gasteiger charge is 2.07. The smallest absolute Gasteiger partial charge is 0.270 e. The Morgan fingerprint density at radius 3 is 2.94 bits per heavy atom. The van der Waals surface area contributed by atoms with Crippen molar-refractivity contribution in [3.05, 3.63) is 45.9 Å². The molecule has 88 valence electrons. The molecule has 17 heavy (non-hydrogen) atoms. The van der Waals surface area contributed by atoms with Gasteiger partial charge in [-0.15, -0.1) is 11.3 Å². The van der Waals surface area contributed by atoms with E-state index in [1.165, 1.54) is 11.1 Å². The number of aryl methyl sites for hydroxylation is 1. The molecule has 0 bridgehead atoms. The summed E-state index contributed by atoms with van der Waals surface area (Å²) in [4.78, 5) is 18.1. The van der Waals surface area contributed by atoms with Gasteiger partial charge in [0.1, 0.15) is 5.69 Å². The first kappa shape index (κ1) is 11.6. The molecule has 2 aromatic rings. The normalized spacial score (nSPS) is 10.2. The molecule has 5 heteroatoms. The first-order chi connectivity index (χ1) is 8.15. The molecule has 2 rings (SSSR count). The molecule has 0 aliphatic carbocycles. The highest BCUT2D eigenvalue weighted by atomic mass is 32.1. The molecule has 0 aromatic carbocycles. The number of carbonyl (C=O) groups excluding carboxylic acids is 1. The van der Waals surface area contributed by atoms with E-state index in [2.05, 4.69) is 10.3 Å². The van der Waals surface area contributed by atoms with Gasteiger partial charge in [-0.25, -0.2) is 0 Å². The molecule has 0 spiro atoms. The summed E-state index contributed by atoms with van der Waals surface area (Å²) >= 11 is 1.67. The van der Waals surface area contributed by atoms with Crippen LogP contribution in [0.2, 0.25) is 0 Å². The van der Waals surface area contributed by atoms with Crippen molar-refractivity contribution < 1.29 is 4.79 Å². The van der Waals surface area contributed by atoms with E-state index in [4.69, 9.17) is 5.73 Å². The van der Waals surface area contributed by atoms with Crippen molar-refractivity contribution in [3.63, 3.8) is 0 Å². The molecule has 0 fully saturated rings. The van der Waals surface area contributed by atoms with E-state index in [0.29, 0.717) is 17.9 Å². The van der Waals surface area contributed by atoms with E-state index in [0.717, 1.165) is 4.88 Å². The van der Waals surface area contributed by atoms with Crippen LogP contribution >= 0.6 is 11.3 Å². The Morgan fingerprint density at radius 1 is 1.47 bits per heavy atom. The number of nitrogens with zero attached hydrogens (tertiary/aromatic N) is 1. The molecular formula is C12H13N3OS. The zero-order valence-electron chi connectivity index (χ0n) is 9.43. The number of rotatable bonds is 3. The first-order valence-electron chi connectivity index (χ1n) is 5.20. The fourth-order valence-electron chi connectivity index (χ4n) is 1.41. The second-order valence-electron chi connectivity index (χ2n) is 3.67. The lowest BCUT2D eigenvalue weighted by atomic mass is 10.3. The van der Waals surface area contributed by atoms with Crippen molar-refractivity contribution in [3.8, 4) is 0 Å². The quantitative estimate of drug-likeness (QED) is 0.871. The summed E-state index contributed by atoms with van der Waals surface area (Å²) < 4.78 is 0. The number of hydrogen-bond donors (Lipinski definition) is 2. The molecule has 0 radical (unpaired) electrons. The molecular weight excluding hydrogens is 234 g/mol. The summed E-state index contributed by atoms with van der Waals surface area (Å²) in [6, 6.07) is 7.26. The largest absolute Gasteiger partial charge is 0.399 e. The summed E-state index contributed by atoms with van der Waals surface area (Å²) in [5, 5.41) is 2.81. The Balaban J connectivity index is 1.98. The lowest BCUT2D eigenvalue weighted by Gasteiger charge is -2.03. The van der Waals surface area contributed by atoms with Crippen molar-refractivity contribution in [1.29, 1.82) is 0 Å². The summed E-state index contributed by atoms with van der Waals surface area (Å²) in [5.41, 5.74) is 6.47. The van der Waals surface area contributed by atoms with E-state index >= 15 is 0 Å².